The van der Waals surface area contributed by atoms with Crippen LogP contribution in [0.1, 0.15) is 31.5 Å². The van der Waals surface area contributed by atoms with Crippen LogP contribution >= 0.6 is 0 Å². The fourth-order valence-corrected chi connectivity index (χ4v) is 4.62. The van der Waals surface area contributed by atoms with E-state index in [0.29, 0.717) is 13.1 Å². The number of nitrogens with zero attached hydrogens (tertiary/aromatic N) is 3. The predicted octanol–water partition coefficient (Wildman–Crippen LogP) is 2.57. The molecule has 7 heteroatoms. The Morgan fingerprint density at radius 1 is 1.27 bits per heavy atom. The summed E-state index contributed by atoms with van der Waals surface area (Å²) in [6.07, 6.45) is 3.27. The summed E-state index contributed by atoms with van der Waals surface area (Å²) in [5.74, 6) is -0.444. The van der Waals surface area contributed by atoms with Crippen LogP contribution in [-0.4, -0.2) is 29.0 Å². The summed E-state index contributed by atoms with van der Waals surface area (Å²) in [4.78, 5) is 0.128. The molecule has 5 nitrogen and oxygen atoms in total. The molecule has 0 radical (unpaired) electrons. The highest BCUT2D eigenvalue weighted by Crippen LogP contribution is 2.36. The van der Waals surface area contributed by atoms with E-state index in [1.165, 1.54) is 28.6 Å². The van der Waals surface area contributed by atoms with Crippen molar-refractivity contribution in [2.24, 2.45) is 0 Å². The van der Waals surface area contributed by atoms with Gasteiger partial charge in [-0.15, -0.1) is 0 Å². The van der Waals surface area contributed by atoms with Crippen LogP contribution in [-0.2, 0) is 16.6 Å². The van der Waals surface area contributed by atoms with E-state index in [1.807, 2.05) is 17.7 Å². The van der Waals surface area contributed by atoms with Gasteiger partial charge in [0.1, 0.15) is 5.82 Å². The highest BCUT2D eigenvalue weighted by Gasteiger charge is 2.37. The first-order valence-electron chi connectivity index (χ1n) is 7.33. The highest BCUT2D eigenvalue weighted by atomic mass is 32.2. The molecule has 118 valence electrons. The van der Waals surface area contributed by atoms with Gasteiger partial charge in [0.05, 0.1) is 16.6 Å². The zero-order chi connectivity index (χ0) is 15.7. The highest BCUT2D eigenvalue weighted by molar-refractivity contribution is 7.89. The van der Waals surface area contributed by atoms with E-state index in [4.69, 9.17) is 0 Å². The largest absolute Gasteiger partial charge is 0.268 e. The van der Waals surface area contributed by atoms with Gasteiger partial charge in [-0.05, 0) is 50.1 Å². The van der Waals surface area contributed by atoms with Crippen LogP contribution in [0, 0.1) is 5.82 Å². The van der Waals surface area contributed by atoms with Crippen LogP contribution in [0.5, 0.6) is 0 Å². The van der Waals surface area contributed by atoms with E-state index in [2.05, 4.69) is 5.10 Å². The standard InChI is InChI=1S/C15H18FN3O2S/c1-2-18-14(9-10-17-18)15-4-3-11-19(15)22(20,21)13-7-5-12(16)6-8-13/h5-10,15H,2-4,11H2,1H3. The summed E-state index contributed by atoms with van der Waals surface area (Å²) in [5, 5.41) is 4.23. The maximum absolute atomic E-state index is 13.0. The SMILES string of the molecule is CCn1nccc1C1CCCN1S(=O)(=O)c1ccc(F)cc1. The van der Waals surface area contributed by atoms with Crippen molar-refractivity contribution in [3.8, 4) is 0 Å². The molecule has 1 aromatic carbocycles. The zero-order valence-corrected chi connectivity index (χ0v) is 13.1. The molecule has 1 aliphatic heterocycles. The predicted molar refractivity (Wildman–Crippen MR) is 80.2 cm³/mol. The molecule has 1 aromatic heterocycles. The molecule has 1 unspecified atom stereocenters. The van der Waals surface area contributed by atoms with Crippen molar-refractivity contribution in [1.82, 2.24) is 14.1 Å². The molecule has 0 amide bonds. The fourth-order valence-electron chi connectivity index (χ4n) is 2.96. The van der Waals surface area contributed by atoms with Crippen molar-refractivity contribution >= 4 is 10.0 Å². The number of aromatic nitrogens is 2. The minimum atomic E-state index is -3.63. The number of sulfonamides is 1. The van der Waals surface area contributed by atoms with Gasteiger partial charge in [-0.2, -0.15) is 9.40 Å². The van der Waals surface area contributed by atoms with Crippen molar-refractivity contribution in [3.05, 3.63) is 48.0 Å². The molecule has 1 saturated heterocycles. The number of aryl methyl sites for hydroxylation is 1. The molecular weight excluding hydrogens is 305 g/mol. The Kier molecular flexibility index (Phi) is 4.01. The van der Waals surface area contributed by atoms with Gasteiger partial charge in [0.25, 0.3) is 0 Å². The maximum atomic E-state index is 13.0. The van der Waals surface area contributed by atoms with E-state index < -0.39 is 15.8 Å². The van der Waals surface area contributed by atoms with Crippen LogP contribution in [0.25, 0.3) is 0 Å². The first kappa shape index (κ1) is 15.2. The molecule has 22 heavy (non-hydrogen) atoms. The third kappa shape index (κ3) is 2.55. The van der Waals surface area contributed by atoms with Crippen LogP contribution in [0.4, 0.5) is 4.39 Å². The van der Waals surface area contributed by atoms with Crippen LogP contribution in [0.3, 0.4) is 0 Å². The van der Waals surface area contributed by atoms with Gasteiger partial charge in [0.2, 0.25) is 10.0 Å². The van der Waals surface area contributed by atoms with Crippen LogP contribution in [0.15, 0.2) is 41.4 Å². The first-order chi connectivity index (χ1) is 10.5. The quantitative estimate of drug-likeness (QED) is 0.869. The molecule has 0 bridgehead atoms. The summed E-state index contributed by atoms with van der Waals surface area (Å²) in [6, 6.07) is 6.64. The van der Waals surface area contributed by atoms with Gasteiger partial charge in [-0.1, -0.05) is 0 Å². The van der Waals surface area contributed by atoms with Crippen molar-refractivity contribution in [3.63, 3.8) is 0 Å². The third-order valence-corrected chi connectivity index (χ3v) is 5.94. The van der Waals surface area contributed by atoms with Gasteiger partial charge in [0.15, 0.2) is 0 Å². The van der Waals surface area contributed by atoms with Gasteiger partial charge < -0.3 is 0 Å². The topological polar surface area (TPSA) is 55.2 Å². The zero-order valence-electron chi connectivity index (χ0n) is 12.3. The molecule has 1 aliphatic rings. The Hall–Kier alpha value is -1.73. The van der Waals surface area contributed by atoms with Crippen molar-refractivity contribution in [2.45, 2.75) is 37.2 Å². The minimum absolute atomic E-state index is 0.128. The Morgan fingerprint density at radius 2 is 2.00 bits per heavy atom. The van der Waals surface area contributed by atoms with Gasteiger partial charge >= 0.3 is 0 Å². The Bertz CT molecular complexity index is 755. The maximum Gasteiger partial charge on any atom is 0.243 e. The summed E-state index contributed by atoms with van der Waals surface area (Å²) >= 11 is 0. The van der Waals surface area contributed by atoms with E-state index in [0.717, 1.165) is 18.5 Å². The number of halogens is 1. The van der Waals surface area contributed by atoms with Crippen LogP contribution in [0.2, 0.25) is 0 Å². The van der Waals surface area contributed by atoms with Gasteiger partial charge in [-0.3, -0.25) is 4.68 Å². The summed E-state index contributed by atoms with van der Waals surface area (Å²) in [5.41, 5.74) is 0.908. The summed E-state index contributed by atoms with van der Waals surface area (Å²) in [6.45, 7) is 3.15. The second kappa shape index (κ2) is 5.81. The fraction of sp³-hybridized carbons (Fsp3) is 0.400. The molecule has 0 saturated carbocycles. The van der Waals surface area contributed by atoms with E-state index in [-0.39, 0.29) is 10.9 Å². The third-order valence-electron chi connectivity index (χ3n) is 4.01. The molecular formula is C15H18FN3O2S. The van der Waals surface area contributed by atoms with E-state index in [9.17, 15) is 12.8 Å². The first-order valence-corrected chi connectivity index (χ1v) is 8.77. The van der Waals surface area contributed by atoms with Crippen molar-refractivity contribution in [1.29, 1.82) is 0 Å². The Balaban J connectivity index is 1.97. The molecule has 1 atom stereocenters. The lowest BCUT2D eigenvalue weighted by Gasteiger charge is -2.24. The molecule has 0 N–H and O–H groups in total. The number of hydrogen-bond donors (Lipinski definition) is 0. The minimum Gasteiger partial charge on any atom is -0.268 e. The lowest BCUT2D eigenvalue weighted by atomic mass is 10.1. The molecule has 0 spiro atoms. The average molecular weight is 323 g/mol. The summed E-state index contributed by atoms with van der Waals surface area (Å²) in [7, 11) is -3.63. The Labute approximate surface area is 129 Å². The summed E-state index contributed by atoms with van der Waals surface area (Å²) < 4.78 is 42.0. The van der Waals surface area contributed by atoms with E-state index in [1.54, 1.807) is 6.20 Å². The number of hydrogen-bond acceptors (Lipinski definition) is 3. The van der Waals surface area contributed by atoms with Crippen molar-refractivity contribution in [2.75, 3.05) is 6.54 Å². The molecule has 1 fully saturated rings. The number of rotatable bonds is 4. The Morgan fingerprint density at radius 3 is 2.68 bits per heavy atom. The number of benzene rings is 1. The van der Waals surface area contributed by atoms with Crippen molar-refractivity contribution < 1.29 is 12.8 Å². The molecule has 2 aromatic rings. The average Bonchev–Trinajstić information content (AvgIpc) is 3.16. The lowest BCUT2D eigenvalue weighted by molar-refractivity contribution is 0.376. The molecule has 3 rings (SSSR count). The molecule has 2 heterocycles. The van der Waals surface area contributed by atoms with Gasteiger partial charge in [0, 0.05) is 19.3 Å². The lowest BCUT2D eigenvalue weighted by Crippen LogP contribution is -2.31. The second-order valence-corrected chi connectivity index (χ2v) is 7.19. The normalized spacial score (nSPS) is 19.6. The second-order valence-electron chi connectivity index (χ2n) is 5.30. The molecule has 0 aliphatic carbocycles. The van der Waals surface area contributed by atoms with Gasteiger partial charge in [-0.25, -0.2) is 12.8 Å². The smallest absolute Gasteiger partial charge is 0.243 e. The van der Waals surface area contributed by atoms with Crippen LogP contribution < -0.4 is 0 Å². The van der Waals surface area contributed by atoms with E-state index >= 15 is 0 Å². The monoisotopic (exact) mass is 323 g/mol.